The number of carbonyl (C=O) groups excluding carboxylic acids is 1. The van der Waals surface area contributed by atoms with Crippen molar-refractivity contribution in [2.24, 2.45) is 0 Å². The second kappa shape index (κ2) is 8.31. The third-order valence-corrected chi connectivity index (χ3v) is 3.99. The van der Waals surface area contributed by atoms with Crippen molar-refractivity contribution >= 4 is 29.0 Å². The minimum atomic E-state index is -0.115. The monoisotopic (exact) mass is 361 g/mol. The van der Waals surface area contributed by atoms with Crippen LogP contribution in [0.15, 0.2) is 54.6 Å². The molecule has 0 saturated carbocycles. The fraction of sp³-hybridized carbons (Fsp3) is 0.190. The van der Waals surface area contributed by atoms with Crippen LogP contribution < -0.4 is 16.0 Å². The van der Waals surface area contributed by atoms with Gasteiger partial charge in [-0.15, -0.1) is 0 Å². The summed E-state index contributed by atoms with van der Waals surface area (Å²) in [7, 11) is 0. The van der Waals surface area contributed by atoms with Crippen molar-refractivity contribution in [1.29, 1.82) is 0 Å². The lowest BCUT2D eigenvalue weighted by atomic mass is 10.1. The molecule has 3 N–H and O–H groups in total. The van der Waals surface area contributed by atoms with Gasteiger partial charge in [0.25, 0.3) is 5.91 Å². The first-order chi connectivity index (χ1) is 13.0. The van der Waals surface area contributed by atoms with Crippen LogP contribution in [0.4, 0.5) is 23.1 Å². The van der Waals surface area contributed by atoms with Crippen LogP contribution in [0.3, 0.4) is 0 Å². The minimum absolute atomic E-state index is 0.115. The number of anilines is 4. The summed E-state index contributed by atoms with van der Waals surface area (Å²) in [5, 5.41) is 9.30. The average molecular weight is 361 g/mol. The molecule has 2 aromatic carbocycles. The molecule has 1 aromatic heterocycles. The van der Waals surface area contributed by atoms with E-state index in [-0.39, 0.29) is 5.91 Å². The number of aromatic nitrogens is 2. The van der Waals surface area contributed by atoms with Crippen molar-refractivity contribution in [3.8, 4) is 0 Å². The van der Waals surface area contributed by atoms with Crippen LogP contribution in [-0.2, 0) is 0 Å². The number of carbonyl (C=O) groups is 1. The first kappa shape index (κ1) is 18.4. The summed E-state index contributed by atoms with van der Waals surface area (Å²) in [5.41, 5.74) is 4.12. The van der Waals surface area contributed by atoms with Crippen LogP contribution in [-0.4, -0.2) is 22.4 Å². The minimum Gasteiger partial charge on any atom is -0.354 e. The third kappa shape index (κ3) is 4.82. The van der Waals surface area contributed by atoms with Gasteiger partial charge in [-0.2, -0.15) is 4.98 Å². The molecule has 0 fully saturated rings. The average Bonchev–Trinajstić information content (AvgIpc) is 2.63. The summed E-state index contributed by atoms with van der Waals surface area (Å²) in [4.78, 5) is 21.2. The molecule has 0 bridgehead atoms. The molecule has 6 nitrogen and oxygen atoms in total. The first-order valence-corrected chi connectivity index (χ1v) is 8.89. The molecule has 0 spiro atoms. The maximum absolute atomic E-state index is 12.4. The van der Waals surface area contributed by atoms with Gasteiger partial charge >= 0.3 is 0 Å². The van der Waals surface area contributed by atoms with Crippen molar-refractivity contribution in [2.75, 3.05) is 22.5 Å². The van der Waals surface area contributed by atoms with Crippen molar-refractivity contribution in [3.05, 3.63) is 71.4 Å². The predicted octanol–water partition coefficient (Wildman–Crippen LogP) is 4.52. The number of amides is 1. The zero-order chi connectivity index (χ0) is 19.2. The van der Waals surface area contributed by atoms with E-state index in [4.69, 9.17) is 0 Å². The number of aryl methyl sites for hydroxylation is 2. The van der Waals surface area contributed by atoms with Crippen molar-refractivity contribution < 1.29 is 4.79 Å². The largest absolute Gasteiger partial charge is 0.354 e. The first-order valence-electron chi connectivity index (χ1n) is 8.89. The van der Waals surface area contributed by atoms with Gasteiger partial charge in [-0.3, -0.25) is 4.79 Å². The van der Waals surface area contributed by atoms with Crippen molar-refractivity contribution in [2.45, 2.75) is 20.8 Å². The Morgan fingerprint density at radius 1 is 0.963 bits per heavy atom. The highest BCUT2D eigenvalue weighted by Gasteiger charge is 2.08. The molecule has 0 atom stereocenters. The van der Waals surface area contributed by atoms with Crippen molar-refractivity contribution in [1.82, 2.24) is 9.97 Å². The van der Waals surface area contributed by atoms with Gasteiger partial charge in [0.05, 0.1) is 0 Å². The van der Waals surface area contributed by atoms with Crippen LogP contribution in [0.5, 0.6) is 0 Å². The topological polar surface area (TPSA) is 78.9 Å². The summed E-state index contributed by atoms with van der Waals surface area (Å²) in [6.07, 6.45) is 0. The number of benzene rings is 2. The number of hydrogen-bond acceptors (Lipinski definition) is 5. The molecule has 27 heavy (non-hydrogen) atoms. The van der Waals surface area contributed by atoms with Gasteiger partial charge in [0.2, 0.25) is 5.95 Å². The summed E-state index contributed by atoms with van der Waals surface area (Å²) >= 11 is 0. The Morgan fingerprint density at radius 3 is 2.37 bits per heavy atom. The number of rotatable bonds is 6. The molecule has 138 valence electrons. The van der Waals surface area contributed by atoms with E-state index in [1.165, 1.54) is 0 Å². The lowest BCUT2D eigenvalue weighted by Gasteiger charge is -2.11. The smallest absolute Gasteiger partial charge is 0.255 e. The van der Waals surface area contributed by atoms with Crippen LogP contribution in [0.1, 0.15) is 28.5 Å². The molecule has 1 heterocycles. The molecule has 0 aliphatic rings. The molecular formula is C21H23N5O. The molecule has 0 aliphatic carbocycles. The summed E-state index contributed by atoms with van der Waals surface area (Å²) < 4.78 is 0. The zero-order valence-electron chi connectivity index (χ0n) is 15.7. The van der Waals surface area contributed by atoms with E-state index in [0.717, 1.165) is 35.0 Å². The Bertz CT molecular complexity index is 938. The Hall–Kier alpha value is -3.41. The van der Waals surface area contributed by atoms with Crippen LogP contribution in [0.25, 0.3) is 0 Å². The summed E-state index contributed by atoms with van der Waals surface area (Å²) in [5.74, 6) is 1.20. The van der Waals surface area contributed by atoms with Gasteiger partial charge in [0, 0.05) is 35.2 Å². The normalized spacial score (nSPS) is 10.3. The second-order valence-corrected chi connectivity index (χ2v) is 6.22. The highest BCUT2D eigenvalue weighted by molar-refractivity contribution is 6.05. The Balaban J connectivity index is 1.69. The van der Waals surface area contributed by atoms with Gasteiger partial charge in [-0.05, 0) is 56.7 Å². The fourth-order valence-electron chi connectivity index (χ4n) is 2.68. The van der Waals surface area contributed by atoms with E-state index in [1.807, 2.05) is 75.4 Å². The maximum Gasteiger partial charge on any atom is 0.255 e. The Kier molecular flexibility index (Phi) is 5.66. The molecule has 0 unspecified atom stereocenters. The summed E-state index contributed by atoms with van der Waals surface area (Å²) in [6, 6.07) is 16.9. The van der Waals surface area contributed by atoms with Gasteiger partial charge in [-0.1, -0.05) is 18.2 Å². The molecule has 6 heteroatoms. The van der Waals surface area contributed by atoms with Gasteiger partial charge in [-0.25, -0.2) is 4.98 Å². The van der Waals surface area contributed by atoms with Gasteiger partial charge < -0.3 is 16.0 Å². The maximum atomic E-state index is 12.4. The summed E-state index contributed by atoms with van der Waals surface area (Å²) in [6.45, 7) is 6.62. The van der Waals surface area contributed by atoms with E-state index in [9.17, 15) is 4.79 Å². The number of nitrogens with one attached hydrogen (secondary N) is 3. The second-order valence-electron chi connectivity index (χ2n) is 6.22. The third-order valence-electron chi connectivity index (χ3n) is 3.99. The quantitative estimate of drug-likeness (QED) is 0.601. The molecular weight excluding hydrogens is 338 g/mol. The van der Waals surface area contributed by atoms with E-state index in [0.29, 0.717) is 11.5 Å². The zero-order valence-corrected chi connectivity index (χ0v) is 15.7. The molecule has 3 aromatic rings. The van der Waals surface area contributed by atoms with E-state index in [1.54, 1.807) is 0 Å². The number of hydrogen-bond donors (Lipinski definition) is 3. The van der Waals surface area contributed by atoms with Gasteiger partial charge in [0.15, 0.2) is 0 Å². The highest BCUT2D eigenvalue weighted by Crippen LogP contribution is 2.20. The Morgan fingerprint density at radius 2 is 1.67 bits per heavy atom. The predicted molar refractivity (Wildman–Crippen MR) is 110 cm³/mol. The molecule has 0 saturated heterocycles. The lowest BCUT2D eigenvalue weighted by molar-refractivity contribution is 0.102. The standard InChI is InChI=1S/C21H23N5O/c1-4-22-21-23-15(3)13-19(26-21)24-16-9-11-17(12-10-16)25-20(27)18-8-6-5-7-14(18)2/h5-13H,4H2,1-3H3,(H,25,27)(H2,22,23,24,26). The molecule has 3 rings (SSSR count). The van der Waals surface area contributed by atoms with Crippen LogP contribution in [0.2, 0.25) is 0 Å². The van der Waals surface area contributed by atoms with Crippen molar-refractivity contribution in [3.63, 3.8) is 0 Å². The lowest BCUT2D eigenvalue weighted by Crippen LogP contribution is -2.13. The fourth-order valence-corrected chi connectivity index (χ4v) is 2.68. The molecule has 0 radical (unpaired) electrons. The van der Waals surface area contributed by atoms with Crippen LogP contribution in [0, 0.1) is 13.8 Å². The highest BCUT2D eigenvalue weighted by atomic mass is 16.1. The van der Waals surface area contributed by atoms with E-state index in [2.05, 4.69) is 25.9 Å². The van der Waals surface area contributed by atoms with E-state index < -0.39 is 0 Å². The van der Waals surface area contributed by atoms with Crippen LogP contribution >= 0.6 is 0 Å². The molecule has 1 amide bonds. The molecule has 0 aliphatic heterocycles. The Labute approximate surface area is 159 Å². The van der Waals surface area contributed by atoms with E-state index >= 15 is 0 Å². The van der Waals surface area contributed by atoms with Gasteiger partial charge in [0.1, 0.15) is 5.82 Å². The SMILES string of the molecule is CCNc1nc(C)cc(Nc2ccc(NC(=O)c3ccccc3C)cc2)n1. The number of nitrogens with zero attached hydrogens (tertiary/aromatic N) is 2.